The Morgan fingerprint density at radius 2 is 1.50 bits per heavy atom. The van der Waals surface area contributed by atoms with Gasteiger partial charge < -0.3 is 39.6 Å². The van der Waals surface area contributed by atoms with Gasteiger partial charge in [0.15, 0.2) is 6.29 Å². The topological polar surface area (TPSA) is 113 Å². The molecule has 0 aromatic rings. The predicted molar refractivity (Wildman–Crippen MR) is 78.5 cm³/mol. The van der Waals surface area contributed by atoms with Crippen molar-refractivity contribution < 1.29 is 33.9 Å². The van der Waals surface area contributed by atoms with Gasteiger partial charge in [-0.25, -0.2) is 0 Å². The van der Waals surface area contributed by atoms with Crippen molar-refractivity contribution in [3.05, 3.63) is 0 Å². The molecule has 0 saturated carbocycles. The van der Waals surface area contributed by atoms with Gasteiger partial charge >= 0.3 is 0 Å². The lowest BCUT2D eigenvalue weighted by Gasteiger charge is -2.31. The van der Waals surface area contributed by atoms with Gasteiger partial charge in [0, 0.05) is 19.4 Å². The van der Waals surface area contributed by atoms with E-state index in [2.05, 4.69) is 0 Å². The molecule has 1 heterocycles. The second-order valence-electron chi connectivity index (χ2n) is 4.99. The lowest BCUT2D eigenvalue weighted by molar-refractivity contribution is -0.225. The maximum atomic E-state index is 9.62. The summed E-state index contributed by atoms with van der Waals surface area (Å²) in [6.45, 7) is 3.78. The summed E-state index contributed by atoms with van der Waals surface area (Å²) in [5.41, 5.74) is 5.28. The van der Waals surface area contributed by atoms with Crippen molar-refractivity contribution in [1.29, 1.82) is 0 Å². The largest absolute Gasteiger partial charge is 0.394 e. The van der Waals surface area contributed by atoms with Gasteiger partial charge in [-0.3, -0.25) is 0 Å². The van der Waals surface area contributed by atoms with Gasteiger partial charge in [0.1, 0.15) is 0 Å². The van der Waals surface area contributed by atoms with Crippen molar-refractivity contribution in [2.24, 2.45) is 5.73 Å². The van der Waals surface area contributed by atoms with Crippen LogP contribution in [0.2, 0.25) is 0 Å². The number of rotatable bonds is 13. The highest BCUT2D eigenvalue weighted by atomic mass is 16.7. The number of aliphatic hydroxyl groups is 2. The van der Waals surface area contributed by atoms with Crippen molar-refractivity contribution in [3.63, 3.8) is 0 Å². The molecule has 22 heavy (non-hydrogen) atoms. The summed E-state index contributed by atoms with van der Waals surface area (Å²) in [5, 5.41) is 18.7. The van der Waals surface area contributed by atoms with Crippen molar-refractivity contribution in [2.75, 3.05) is 59.4 Å². The second kappa shape index (κ2) is 13.1. The normalized spacial score (nSPS) is 25.5. The molecule has 1 rings (SSSR count). The number of hydrogen-bond donors (Lipinski definition) is 3. The third kappa shape index (κ3) is 9.65. The lowest BCUT2D eigenvalue weighted by atomic mass is 10.1. The standard InChI is InChI=1S/C14H29NO7/c15-1-2-18-3-4-19-5-6-20-7-8-21-14-10-12(17)9-13(11-16)22-14/h12-14,16-17H,1-11,15H2. The Balaban J connectivity index is 1.87. The number of ether oxygens (including phenoxy) is 5. The summed E-state index contributed by atoms with van der Waals surface area (Å²) >= 11 is 0. The highest BCUT2D eigenvalue weighted by molar-refractivity contribution is 4.72. The molecule has 1 fully saturated rings. The highest BCUT2D eigenvalue weighted by Crippen LogP contribution is 2.20. The molecule has 0 bridgehead atoms. The monoisotopic (exact) mass is 323 g/mol. The fourth-order valence-electron chi connectivity index (χ4n) is 2.04. The van der Waals surface area contributed by atoms with E-state index in [0.29, 0.717) is 65.6 Å². The number of nitrogens with two attached hydrogens (primary N) is 1. The fourth-order valence-corrected chi connectivity index (χ4v) is 2.04. The van der Waals surface area contributed by atoms with Gasteiger partial charge in [-0.05, 0) is 0 Å². The predicted octanol–water partition coefficient (Wildman–Crippen LogP) is -1.13. The summed E-state index contributed by atoms with van der Waals surface area (Å²) in [7, 11) is 0. The first-order chi connectivity index (χ1) is 10.8. The first-order valence-corrected chi connectivity index (χ1v) is 7.75. The van der Waals surface area contributed by atoms with Crippen LogP contribution in [-0.2, 0) is 23.7 Å². The van der Waals surface area contributed by atoms with E-state index in [0.717, 1.165) is 0 Å². The molecule has 1 saturated heterocycles. The zero-order valence-electron chi connectivity index (χ0n) is 13.0. The van der Waals surface area contributed by atoms with Crippen LogP contribution in [0.3, 0.4) is 0 Å². The molecule has 0 aromatic carbocycles. The Morgan fingerprint density at radius 3 is 2.09 bits per heavy atom. The average molecular weight is 323 g/mol. The van der Waals surface area contributed by atoms with E-state index in [-0.39, 0.29) is 12.7 Å². The third-order valence-electron chi connectivity index (χ3n) is 3.08. The van der Waals surface area contributed by atoms with Crippen LogP contribution in [0, 0.1) is 0 Å². The molecule has 0 aromatic heterocycles. The molecule has 8 heteroatoms. The molecule has 0 amide bonds. The van der Waals surface area contributed by atoms with Crippen LogP contribution >= 0.6 is 0 Å². The Morgan fingerprint density at radius 1 is 0.909 bits per heavy atom. The van der Waals surface area contributed by atoms with E-state index >= 15 is 0 Å². The minimum absolute atomic E-state index is 0.111. The van der Waals surface area contributed by atoms with Crippen LogP contribution in [0.25, 0.3) is 0 Å². The van der Waals surface area contributed by atoms with Gasteiger partial charge in [0.2, 0.25) is 0 Å². The Bertz CT molecular complexity index is 257. The summed E-state index contributed by atoms with van der Waals surface area (Å²) in [6, 6.07) is 0. The molecule has 132 valence electrons. The maximum absolute atomic E-state index is 9.62. The highest BCUT2D eigenvalue weighted by Gasteiger charge is 2.28. The summed E-state index contributed by atoms with van der Waals surface area (Å²) in [5.74, 6) is 0. The average Bonchev–Trinajstić information content (AvgIpc) is 2.52. The van der Waals surface area contributed by atoms with Crippen LogP contribution in [0.5, 0.6) is 0 Å². The van der Waals surface area contributed by atoms with Crippen LogP contribution in [0.4, 0.5) is 0 Å². The van der Waals surface area contributed by atoms with Gasteiger partial charge in [0.05, 0.1) is 65.1 Å². The van der Waals surface area contributed by atoms with Crippen molar-refractivity contribution in [3.8, 4) is 0 Å². The molecule has 1 aliphatic rings. The fraction of sp³-hybridized carbons (Fsp3) is 1.00. The van der Waals surface area contributed by atoms with E-state index in [1.807, 2.05) is 0 Å². The van der Waals surface area contributed by atoms with E-state index in [9.17, 15) is 5.11 Å². The van der Waals surface area contributed by atoms with Gasteiger partial charge in [-0.1, -0.05) is 0 Å². The molecule has 0 spiro atoms. The van der Waals surface area contributed by atoms with E-state index < -0.39 is 12.4 Å². The van der Waals surface area contributed by atoms with Crippen LogP contribution in [0.15, 0.2) is 0 Å². The van der Waals surface area contributed by atoms with Crippen LogP contribution < -0.4 is 5.73 Å². The molecule has 8 nitrogen and oxygen atoms in total. The first kappa shape index (κ1) is 19.7. The summed E-state index contributed by atoms with van der Waals surface area (Å²) in [4.78, 5) is 0. The summed E-state index contributed by atoms with van der Waals surface area (Å²) in [6.07, 6.45) is -0.474. The minimum Gasteiger partial charge on any atom is -0.394 e. The van der Waals surface area contributed by atoms with Crippen molar-refractivity contribution >= 4 is 0 Å². The van der Waals surface area contributed by atoms with E-state index in [4.69, 9.17) is 34.5 Å². The van der Waals surface area contributed by atoms with Crippen molar-refractivity contribution in [1.82, 2.24) is 0 Å². The summed E-state index contributed by atoms with van der Waals surface area (Å²) < 4.78 is 26.7. The van der Waals surface area contributed by atoms with E-state index in [1.165, 1.54) is 0 Å². The SMILES string of the molecule is NCCOCCOCCOCCOC1CC(O)CC(CO)O1. The molecule has 1 aliphatic heterocycles. The molecular weight excluding hydrogens is 294 g/mol. The molecular formula is C14H29NO7. The quantitative estimate of drug-likeness (QED) is 0.365. The Kier molecular flexibility index (Phi) is 11.8. The van der Waals surface area contributed by atoms with Crippen LogP contribution in [-0.4, -0.2) is 88.1 Å². The van der Waals surface area contributed by atoms with Gasteiger partial charge in [-0.15, -0.1) is 0 Å². The molecule has 4 N–H and O–H groups in total. The molecule has 3 atom stereocenters. The smallest absolute Gasteiger partial charge is 0.160 e. The van der Waals surface area contributed by atoms with Gasteiger partial charge in [0.25, 0.3) is 0 Å². The van der Waals surface area contributed by atoms with E-state index in [1.54, 1.807) is 0 Å². The zero-order chi connectivity index (χ0) is 16.0. The Labute approximate surface area is 131 Å². The lowest BCUT2D eigenvalue weighted by Crippen LogP contribution is -2.39. The van der Waals surface area contributed by atoms with Crippen molar-refractivity contribution in [2.45, 2.75) is 31.3 Å². The zero-order valence-corrected chi connectivity index (χ0v) is 13.0. The maximum Gasteiger partial charge on any atom is 0.160 e. The third-order valence-corrected chi connectivity index (χ3v) is 3.08. The molecule has 3 unspecified atom stereocenters. The number of hydrogen-bond acceptors (Lipinski definition) is 8. The molecule has 0 radical (unpaired) electrons. The van der Waals surface area contributed by atoms with Gasteiger partial charge in [-0.2, -0.15) is 0 Å². The Hall–Kier alpha value is -0.320. The minimum atomic E-state index is -0.494. The first-order valence-electron chi connectivity index (χ1n) is 7.75. The molecule has 0 aliphatic carbocycles. The van der Waals surface area contributed by atoms with Crippen LogP contribution in [0.1, 0.15) is 12.8 Å². The second-order valence-corrected chi connectivity index (χ2v) is 4.99. The number of aliphatic hydroxyl groups excluding tert-OH is 2.